The van der Waals surface area contributed by atoms with Crippen molar-refractivity contribution in [3.05, 3.63) is 0 Å². The highest BCUT2D eigenvalue weighted by Crippen LogP contribution is 2.61. The molecule has 0 saturated heterocycles. The maximum absolute atomic E-state index is 12.3. The molecule has 136 valence electrons. The Hall–Kier alpha value is -1.26. The van der Waals surface area contributed by atoms with E-state index in [1.54, 1.807) is 0 Å². The van der Waals surface area contributed by atoms with Crippen molar-refractivity contribution in [2.45, 2.75) is 64.7 Å². The normalized spacial score (nSPS) is 33.3. The van der Waals surface area contributed by atoms with Crippen molar-refractivity contribution < 1.29 is 14.3 Å². The van der Waals surface area contributed by atoms with E-state index in [0.29, 0.717) is 26.1 Å². The second kappa shape index (κ2) is 7.75. The Kier molecular flexibility index (Phi) is 5.67. The van der Waals surface area contributed by atoms with Crippen LogP contribution in [0.1, 0.15) is 64.7 Å². The molecule has 0 aromatic heterocycles. The Bertz CT molecular complexity index is 428. The molecule has 5 heteroatoms. The minimum absolute atomic E-state index is 0.151. The lowest BCUT2D eigenvalue weighted by Crippen LogP contribution is -2.48. The smallest absolute Gasteiger partial charge is 0.407 e. The van der Waals surface area contributed by atoms with Gasteiger partial charge in [0, 0.05) is 19.5 Å². The van der Waals surface area contributed by atoms with Crippen LogP contribution in [0.4, 0.5) is 4.79 Å². The van der Waals surface area contributed by atoms with Gasteiger partial charge in [0.15, 0.2) is 0 Å². The number of hydrogen-bond acceptors (Lipinski definition) is 3. The molecule has 0 aromatic rings. The number of carbonyl (C=O) groups is 2. The minimum atomic E-state index is -0.390. The Labute approximate surface area is 145 Å². The number of unbranched alkanes of at least 4 members (excludes halogenated alkanes) is 1. The number of alkyl carbamates (subject to hydrolysis) is 1. The van der Waals surface area contributed by atoms with Gasteiger partial charge < -0.3 is 15.4 Å². The molecule has 0 heterocycles. The number of nitrogens with one attached hydrogen (secondary N) is 2. The lowest BCUT2D eigenvalue weighted by molar-refractivity contribution is -0.129. The number of ether oxygens (including phenoxy) is 1. The molecule has 4 saturated carbocycles. The van der Waals surface area contributed by atoms with E-state index in [1.807, 2.05) is 0 Å². The zero-order valence-electron chi connectivity index (χ0n) is 14.9. The van der Waals surface area contributed by atoms with Crippen LogP contribution in [0.5, 0.6) is 0 Å². The summed E-state index contributed by atoms with van der Waals surface area (Å²) in [5.74, 6) is 2.79. The molecule has 0 spiro atoms. The lowest BCUT2D eigenvalue weighted by atomic mass is 9.49. The van der Waals surface area contributed by atoms with Gasteiger partial charge in [-0.25, -0.2) is 4.79 Å². The van der Waals surface area contributed by atoms with Gasteiger partial charge in [-0.3, -0.25) is 4.79 Å². The standard InChI is InChI=1S/C19H32N2O3/c1-2-3-6-24-18(23)21-5-4-20-17(22)13-19-10-14-7-15(11-19)9-16(8-14)12-19/h14-16H,2-13H2,1H3,(H,20,22)(H,21,23). The van der Waals surface area contributed by atoms with E-state index in [4.69, 9.17) is 4.74 Å². The van der Waals surface area contributed by atoms with Gasteiger partial charge in [-0.05, 0) is 68.1 Å². The summed E-state index contributed by atoms with van der Waals surface area (Å²) in [6.07, 6.45) is 10.2. The van der Waals surface area contributed by atoms with Crippen molar-refractivity contribution in [2.24, 2.45) is 23.2 Å². The van der Waals surface area contributed by atoms with Crippen LogP contribution >= 0.6 is 0 Å². The average molecular weight is 336 g/mol. The highest BCUT2D eigenvalue weighted by atomic mass is 16.5. The Morgan fingerprint density at radius 2 is 1.58 bits per heavy atom. The predicted molar refractivity (Wildman–Crippen MR) is 92.5 cm³/mol. The molecule has 2 N–H and O–H groups in total. The molecule has 0 radical (unpaired) electrons. The fourth-order valence-corrected chi connectivity index (χ4v) is 5.64. The zero-order valence-corrected chi connectivity index (χ0v) is 14.9. The van der Waals surface area contributed by atoms with Crippen molar-refractivity contribution in [2.75, 3.05) is 19.7 Å². The zero-order chi connectivity index (χ0) is 17.0. The first-order chi connectivity index (χ1) is 11.6. The quantitative estimate of drug-likeness (QED) is 0.669. The number of carbonyl (C=O) groups excluding carboxylic acids is 2. The lowest BCUT2D eigenvalue weighted by Gasteiger charge is -2.56. The second-order valence-electron chi connectivity index (χ2n) is 8.36. The maximum Gasteiger partial charge on any atom is 0.407 e. The van der Waals surface area contributed by atoms with Crippen LogP contribution in [-0.2, 0) is 9.53 Å². The van der Waals surface area contributed by atoms with Crippen LogP contribution in [0.2, 0.25) is 0 Å². The van der Waals surface area contributed by atoms with E-state index in [9.17, 15) is 9.59 Å². The van der Waals surface area contributed by atoms with Crippen molar-refractivity contribution in [3.63, 3.8) is 0 Å². The molecule has 0 aromatic carbocycles. The molecular weight excluding hydrogens is 304 g/mol. The Balaban J connectivity index is 1.32. The van der Waals surface area contributed by atoms with E-state index in [0.717, 1.165) is 30.6 Å². The number of amides is 2. The summed E-state index contributed by atoms with van der Waals surface area (Å²) in [5.41, 5.74) is 0.283. The highest BCUT2D eigenvalue weighted by molar-refractivity contribution is 5.76. The van der Waals surface area contributed by atoms with Gasteiger partial charge in [0.2, 0.25) is 5.91 Å². The van der Waals surface area contributed by atoms with Crippen LogP contribution in [0, 0.1) is 23.2 Å². The van der Waals surface area contributed by atoms with Gasteiger partial charge in [0.25, 0.3) is 0 Å². The van der Waals surface area contributed by atoms with Crippen LogP contribution in [0.3, 0.4) is 0 Å². The highest BCUT2D eigenvalue weighted by Gasteiger charge is 2.51. The van der Waals surface area contributed by atoms with Crippen molar-refractivity contribution in [3.8, 4) is 0 Å². The first-order valence-electron chi connectivity index (χ1n) is 9.76. The van der Waals surface area contributed by atoms with E-state index in [1.165, 1.54) is 38.5 Å². The third-order valence-electron chi connectivity index (χ3n) is 6.15. The molecule has 5 nitrogen and oxygen atoms in total. The Morgan fingerprint density at radius 3 is 2.17 bits per heavy atom. The summed E-state index contributed by atoms with van der Waals surface area (Å²) in [5, 5.41) is 5.65. The van der Waals surface area contributed by atoms with Gasteiger partial charge in [-0.1, -0.05) is 13.3 Å². The fourth-order valence-electron chi connectivity index (χ4n) is 5.64. The first-order valence-corrected chi connectivity index (χ1v) is 9.76. The molecule has 4 bridgehead atoms. The summed E-state index contributed by atoms with van der Waals surface area (Å²) in [6.45, 7) is 3.42. The average Bonchev–Trinajstić information content (AvgIpc) is 2.50. The molecule has 0 aliphatic heterocycles. The Morgan fingerprint density at radius 1 is 1.00 bits per heavy atom. The van der Waals surface area contributed by atoms with E-state index < -0.39 is 6.09 Å². The van der Waals surface area contributed by atoms with Gasteiger partial charge in [-0.2, -0.15) is 0 Å². The maximum atomic E-state index is 12.3. The summed E-state index contributed by atoms with van der Waals surface area (Å²) in [4.78, 5) is 23.7. The van der Waals surface area contributed by atoms with Gasteiger partial charge in [0.1, 0.15) is 0 Å². The molecule has 4 rings (SSSR count). The predicted octanol–water partition coefficient (Wildman–Crippen LogP) is 3.24. The second-order valence-corrected chi connectivity index (χ2v) is 8.36. The van der Waals surface area contributed by atoms with Crippen LogP contribution < -0.4 is 10.6 Å². The number of rotatable bonds is 8. The molecule has 0 atom stereocenters. The number of hydrogen-bond donors (Lipinski definition) is 2. The summed E-state index contributed by atoms with van der Waals surface area (Å²) >= 11 is 0. The summed E-state index contributed by atoms with van der Waals surface area (Å²) < 4.78 is 5.02. The van der Waals surface area contributed by atoms with E-state index in [2.05, 4.69) is 17.6 Å². The van der Waals surface area contributed by atoms with Crippen LogP contribution in [0.15, 0.2) is 0 Å². The molecule has 24 heavy (non-hydrogen) atoms. The van der Waals surface area contributed by atoms with E-state index >= 15 is 0 Å². The van der Waals surface area contributed by atoms with Crippen LogP contribution in [-0.4, -0.2) is 31.7 Å². The SMILES string of the molecule is CCCCOC(=O)NCCNC(=O)CC12CC3CC(CC(C3)C1)C2. The molecule has 2 amide bonds. The molecular formula is C19H32N2O3. The molecule has 4 fully saturated rings. The minimum Gasteiger partial charge on any atom is -0.450 e. The van der Waals surface area contributed by atoms with Crippen molar-refractivity contribution >= 4 is 12.0 Å². The van der Waals surface area contributed by atoms with Crippen LogP contribution in [0.25, 0.3) is 0 Å². The summed E-state index contributed by atoms with van der Waals surface area (Å²) in [7, 11) is 0. The van der Waals surface area contributed by atoms with Gasteiger partial charge >= 0.3 is 6.09 Å². The topological polar surface area (TPSA) is 67.4 Å². The third-order valence-corrected chi connectivity index (χ3v) is 6.15. The monoisotopic (exact) mass is 336 g/mol. The van der Waals surface area contributed by atoms with Crippen molar-refractivity contribution in [1.29, 1.82) is 0 Å². The third kappa shape index (κ3) is 4.42. The molecule has 4 aliphatic rings. The fraction of sp³-hybridized carbons (Fsp3) is 0.895. The molecule has 4 aliphatic carbocycles. The summed E-state index contributed by atoms with van der Waals surface area (Å²) in [6, 6.07) is 0. The largest absolute Gasteiger partial charge is 0.450 e. The molecule has 0 unspecified atom stereocenters. The van der Waals surface area contributed by atoms with E-state index in [-0.39, 0.29) is 11.3 Å². The van der Waals surface area contributed by atoms with Crippen molar-refractivity contribution in [1.82, 2.24) is 10.6 Å². The first kappa shape index (κ1) is 17.6. The van der Waals surface area contributed by atoms with Gasteiger partial charge in [-0.15, -0.1) is 0 Å². The van der Waals surface area contributed by atoms with Gasteiger partial charge in [0.05, 0.1) is 6.61 Å².